The molecule has 2 rings (SSSR count). The van der Waals surface area contributed by atoms with Gasteiger partial charge < -0.3 is 25.2 Å². The molecule has 34 heavy (non-hydrogen) atoms. The molecule has 0 bridgehead atoms. The van der Waals surface area contributed by atoms with Gasteiger partial charge in [0.1, 0.15) is 18.2 Å². The van der Waals surface area contributed by atoms with E-state index < -0.39 is 35.8 Å². The number of ether oxygens (including phenoxy) is 2. The highest BCUT2D eigenvalue weighted by molar-refractivity contribution is 5.80. The predicted octanol–water partition coefficient (Wildman–Crippen LogP) is 4.75. The first kappa shape index (κ1) is 26.4. The maximum Gasteiger partial charge on any atom is 0.408 e. The standard InChI is InChI=1S/C26H32N2O6/c1-5-10-21(27-24(31)33-17-18-11-7-6-8-12-18)20-14-9-13-19(15-20)16-22(23(29)30)28-25(32)34-26(2,3)4/h5-9,11-15,21-22H,1,10,16-17H2,2-4H3,(H,27,31)(H,28,32)(H,29,30)/t21-,22?/m0/s1. The summed E-state index contributed by atoms with van der Waals surface area (Å²) in [5.41, 5.74) is 1.56. The summed E-state index contributed by atoms with van der Waals surface area (Å²) < 4.78 is 10.5. The SMILES string of the molecule is C=CC[C@H](NC(=O)OCc1ccccc1)c1cccc(CC(NC(=O)OC(C)(C)C)C(=O)O)c1. The lowest BCUT2D eigenvalue weighted by Gasteiger charge is -2.22. The Morgan fingerprint density at radius 2 is 1.68 bits per heavy atom. The van der Waals surface area contributed by atoms with Crippen molar-refractivity contribution in [3.05, 3.63) is 83.9 Å². The fraction of sp³-hybridized carbons (Fsp3) is 0.346. The fourth-order valence-corrected chi connectivity index (χ4v) is 3.17. The van der Waals surface area contributed by atoms with E-state index in [-0.39, 0.29) is 13.0 Å². The van der Waals surface area contributed by atoms with Crippen LogP contribution >= 0.6 is 0 Å². The van der Waals surface area contributed by atoms with Crippen molar-refractivity contribution in [1.29, 1.82) is 0 Å². The van der Waals surface area contributed by atoms with E-state index in [1.54, 1.807) is 45.0 Å². The number of carboxylic acid groups (broad SMARTS) is 1. The van der Waals surface area contributed by atoms with Gasteiger partial charge in [0.2, 0.25) is 0 Å². The molecular weight excluding hydrogens is 436 g/mol. The van der Waals surface area contributed by atoms with Crippen LogP contribution in [-0.4, -0.2) is 34.9 Å². The van der Waals surface area contributed by atoms with Gasteiger partial charge in [0.05, 0.1) is 6.04 Å². The van der Waals surface area contributed by atoms with Crippen LogP contribution < -0.4 is 10.6 Å². The first-order valence-electron chi connectivity index (χ1n) is 11.0. The smallest absolute Gasteiger partial charge is 0.408 e. The topological polar surface area (TPSA) is 114 Å². The maximum atomic E-state index is 12.4. The van der Waals surface area contributed by atoms with E-state index in [9.17, 15) is 19.5 Å². The second-order valence-electron chi connectivity index (χ2n) is 8.77. The van der Waals surface area contributed by atoms with Crippen LogP contribution in [0.4, 0.5) is 9.59 Å². The molecule has 2 atom stereocenters. The van der Waals surface area contributed by atoms with Gasteiger partial charge in [-0.15, -0.1) is 6.58 Å². The van der Waals surface area contributed by atoms with Gasteiger partial charge in [0, 0.05) is 6.42 Å². The summed E-state index contributed by atoms with van der Waals surface area (Å²) in [6.45, 7) is 8.99. The number of amides is 2. The average Bonchev–Trinajstić information content (AvgIpc) is 2.76. The van der Waals surface area contributed by atoms with E-state index >= 15 is 0 Å². The summed E-state index contributed by atoms with van der Waals surface area (Å²) in [7, 11) is 0. The minimum Gasteiger partial charge on any atom is -0.480 e. The zero-order chi connectivity index (χ0) is 25.1. The molecule has 0 aliphatic heterocycles. The van der Waals surface area contributed by atoms with E-state index in [4.69, 9.17) is 9.47 Å². The van der Waals surface area contributed by atoms with Crippen LogP contribution in [0.5, 0.6) is 0 Å². The molecule has 2 amide bonds. The molecule has 0 fully saturated rings. The van der Waals surface area contributed by atoms with Crippen LogP contribution in [0.2, 0.25) is 0 Å². The van der Waals surface area contributed by atoms with E-state index in [2.05, 4.69) is 17.2 Å². The van der Waals surface area contributed by atoms with Crippen LogP contribution in [0.25, 0.3) is 0 Å². The Labute approximate surface area is 200 Å². The molecule has 2 aromatic rings. The molecule has 0 saturated carbocycles. The highest BCUT2D eigenvalue weighted by atomic mass is 16.6. The number of benzene rings is 2. The Morgan fingerprint density at radius 3 is 2.29 bits per heavy atom. The Morgan fingerprint density at radius 1 is 1.00 bits per heavy atom. The number of rotatable bonds is 10. The quantitative estimate of drug-likeness (QED) is 0.434. The lowest BCUT2D eigenvalue weighted by atomic mass is 9.98. The normalized spacial score (nSPS) is 12.7. The second kappa shape index (κ2) is 12.4. The molecule has 0 saturated heterocycles. The molecule has 0 spiro atoms. The molecule has 0 heterocycles. The second-order valence-corrected chi connectivity index (χ2v) is 8.77. The van der Waals surface area contributed by atoms with E-state index in [1.165, 1.54) is 0 Å². The van der Waals surface area contributed by atoms with Crippen molar-refractivity contribution in [3.63, 3.8) is 0 Å². The predicted molar refractivity (Wildman–Crippen MR) is 128 cm³/mol. The highest BCUT2D eigenvalue weighted by Gasteiger charge is 2.24. The third-order valence-electron chi connectivity index (χ3n) is 4.69. The van der Waals surface area contributed by atoms with Gasteiger partial charge in [0.15, 0.2) is 0 Å². The third kappa shape index (κ3) is 9.36. The Bertz CT molecular complexity index is 984. The molecule has 8 nitrogen and oxygen atoms in total. The Hall–Kier alpha value is -3.81. The van der Waals surface area contributed by atoms with Crippen molar-refractivity contribution in [1.82, 2.24) is 10.6 Å². The number of carbonyl (C=O) groups is 3. The lowest BCUT2D eigenvalue weighted by Crippen LogP contribution is -2.44. The maximum absolute atomic E-state index is 12.4. The molecule has 0 radical (unpaired) electrons. The van der Waals surface area contributed by atoms with Crippen LogP contribution in [0.1, 0.15) is 49.9 Å². The first-order chi connectivity index (χ1) is 16.1. The number of alkyl carbamates (subject to hydrolysis) is 2. The number of aliphatic carboxylic acids is 1. The summed E-state index contributed by atoms with van der Waals surface area (Å²) in [5.74, 6) is -1.18. The van der Waals surface area contributed by atoms with Crippen molar-refractivity contribution >= 4 is 18.2 Å². The fourth-order valence-electron chi connectivity index (χ4n) is 3.17. The van der Waals surface area contributed by atoms with E-state index in [0.717, 1.165) is 11.1 Å². The van der Waals surface area contributed by atoms with Crippen molar-refractivity contribution in [2.45, 2.75) is 57.9 Å². The van der Waals surface area contributed by atoms with Gasteiger partial charge in [-0.3, -0.25) is 0 Å². The van der Waals surface area contributed by atoms with Gasteiger partial charge in [-0.2, -0.15) is 0 Å². The van der Waals surface area contributed by atoms with Crippen LogP contribution in [0, 0.1) is 0 Å². The summed E-state index contributed by atoms with van der Waals surface area (Å²) in [4.78, 5) is 36.1. The minimum absolute atomic E-state index is 0.0433. The Kier molecular flexibility index (Phi) is 9.67. The summed E-state index contributed by atoms with van der Waals surface area (Å²) in [5, 5.41) is 14.8. The molecule has 182 valence electrons. The van der Waals surface area contributed by atoms with Gasteiger partial charge in [-0.25, -0.2) is 14.4 Å². The van der Waals surface area contributed by atoms with E-state index in [1.807, 2.05) is 36.4 Å². The van der Waals surface area contributed by atoms with Gasteiger partial charge >= 0.3 is 18.2 Å². The average molecular weight is 469 g/mol. The van der Waals surface area contributed by atoms with Crippen molar-refractivity contribution in [2.24, 2.45) is 0 Å². The van der Waals surface area contributed by atoms with Crippen LogP contribution in [0.15, 0.2) is 67.3 Å². The molecule has 1 unspecified atom stereocenters. The summed E-state index contributed by atoms with van der Waals surface area (Å²) >= 11 is 0. The van der Waals surface area contributed by atoms with Crippen molar-refractivity contribution in [3.8, 4) is 0 Å². The molecular formula is C26H32N2O6. The van der Waals surface area contributed by atoms with Gasteiger partial charge in [0.25, 0.3) is 0 Å². The molecule has 3 N–H and O–H groups in total. The number of hydrogen-bond acceptors (Lipinski definition) is 5. The van der Waals surface area contributed by atoms with Crippen molar-refractivity contribution < 1.29 is 29.0 Å². The molecule has 2 aromatic carbocycles. The van der Waals surface area contributed by atoms with Crippen LogP contribution in [-0.2, 0) is 27.3 Å². The third-order valence-corrected chi connectivity index (χ3v) is 4.69. The zero-order valence-corrected chi connectivity index (χ0v) is 19.7. The Balaban J connectivity index is 2.06. The number of hydrogen-bond donors (Lipinski definition) is 3. The van der Waals surface area contributed by atoms with Gasteiger partial charge in [-0.1, -0.05) is 60.7 Å². The summed E-state index contributed by atoms with van der Waals surface area (Å²) in [6, 6.07) is 14.9. The van der Waals surface area contributed by atoms with Crippen molar-refractivity contribution in [2.75, 3.05) is 0 Å². The van der Waals surface area contributed by atoms with Crippen LogP contribution in [0.3, 0.4) is 0 Å². The lowest BCUT2D eigenvalue weighted by molar-refractivity contribution is -0.139. The molecule has 0 aliphatic rings. The molecule has 8 heteroatoms. The van der Waals surface area contributed by atoms with Gasteiger partial charge in [-0.05, 0) is 43.9 Å². The van der Waals surface area contributed by atoms with E-state index in [0.29, 0.717) is 12.0 Å². The highest BCUT2D eigenvalue weighted by Crippen LogP contribution is 2.20. The first-order valence-corrected chi connectivity index (χ1v) is 11.0. The molecule has 0 aliphatic carbocycles. The number of carboxylic acids is 1. The molecule has 0 aromatic heterocycles. The number of nitrogens with one attached hydrogen (secondary N) is 2. The largest absolute Gasteiger partial charge is 0.480 e. The minimum atomic E-state index is -1.18. The monoisotopic (exact) mass is 468 g/mol. The summed E-state index contributed by atoms with van der Waals surface area (Å²) in [6.07, 6.45) is 0.794. The zero-order valence-electron chi connectivity index (χ0n) is 19.7. The number of carbonyl (C=O) groups excluding carboxylic acids is 2.